The average Bonchev–Trinajstić information content (AvgIpc) is 2.94. The summed E-state index contributed by atoms with van der Waals surface area (Å²) in [5.41, 5.74) is 2.61. The number of hydrogen-bond donors (Lipinski definition) is 1. The highest BCUT2D eigenvalue weighted by Crippen LogP contribution is 2.18. The van der Waals surface area contributed by atoms with Crippen LogP contribution in [0.2, 0.25) is 0 Å². The van der Waals surface area contributed by atoms with Crippen LogP contribution in [-0.4, -0.2) is 40.6 Å². The maximum absolute atomic E-state index is 12.3. The Morgan fingerprint density at radius 2 is 1.89 bits per heavy atom. The van der Waals surface area contributed by atoms with Crippen molar-refractivity contribution in [1.29, 1.82) is 0 Å². The second-order valence-electron chi connectivity index (χ2n) is 7.26. The van der Waals surface area contributed by atoms with Crippen molar-refractivity contribution in [2.75, 3.05) is 13.2 Å². The molecular weight excluding hydrogens is 346 g/mol. The molecule has 1 aromatic carbocycles. The lowest BCUT2D eigenvalue weighted by Gasteiger charge is -2.19. The van der Waals surface area contributed by atoms with Crippen LogP contribution in [-0.2, 0) is 9.47 Å². The first kappa shape index (κ1) is 20.5. The first-order valence-corrected chi connectivity index (χ1v) is 8.93. The molecule has 2 aromatic rings. The number of amides is 1. The number of carbonyl (C=O) groups is 2. The Balaban J connectivity index is 1.84. The minimum atomic E-state index is -0.536. The van der Waals surface area contributed by atoms with Crippen LogP contribution in [0.5, 0.6) is 0 Å². The molecular formula is C20H27N3O4. The molecule has 146 valence electrons. The lowest BCUT2D eigenvalue weighted by atomic mass is 10.2. The van der Waals surface area contributed by atoms with Crippen molar-refractivity contribution in [2.24, 2.45) is 0 Å². The smallest absolute Gasteiger partial charge is 0.407 e. The molecule has 0 saturated heterocycles. The number of benzene rings is 1. The standard InChI is InChI=1S/C20H27N3O4/c1-14-9-6-7-10-17(14)23-15(2)16(13-22-23)18(24)26-12-8-11-21-19(25)27-20(3,4)5/h6-7,9-10,13H,8,11-12H2,1-5H3,(H,21,25). The Kier molecular flexibility index (Phi) is 6.60. The fraction of sp³-hybridized carbons (Fsp3) is 0.450. The monoisotopic (exact) mass is 373 g/mol. The fourth-order valence-electron chi connectivity index (χ4n) is 2.47. The molecule has 2 rings (SSSR count). The number of para-hydroxylation sites is 1. The van der Waals surface area contributed by atoms with Crippen molar-refractivity contribution in [1.82, 2.24) is 15.1 Å². The zero-order valence-corrected chi connectivity index (χ0v) is 16.5. The van der Waals surface area contributed by atoms with Gasteiger partial charge in [0.05, 0.1) is 24.2 Å². The molecule has 0 atom stereocenters. The van der Waals surface area contributed by atoms with Crippen molar-refractivity contribution in [2.45, 2.75) is 46.6 Å². The van der Waals surface area contributed by atoms with E-state index in [4.69, 9.17) is 9.47 Å². The number of aryl methyl sites for hydroxylation is 1. The van der Waals surface area contributed by atoms with Crippen molar-refractivity contribution in [3.05, 3.63) is 47.3 Å². The highest BCUT2D eigenvalue weighted by atomic mass is 16.6. The number of nitrogens with one attached hydrogen (secondary N) is 1. The predicted octanol–water partition coefficient (Wildman–Crippen LogP) is 3.56. The van der Waals surface area contributed by atoms with E-state index in [9.17, 15) is 9.59 Å². The van der Waals surface area contributed by atoms with Crippen molar-refractivity contribution < 1.29 is 19.1 Å². The van der Waals surface area contributed by atoms with Gasteiger partial charge in [0.2, 0.25) is 0 Å². The third kappa shape index (κ3) is 5.84. The van der Waals surface area contributed by atoms with Gasteiger partial charge in [-0.2, -0.15) is 5.10 Å². The van der Waals surface area contributed by atoms with Crippen LogP contribution in [0.4, 0.5) is 4.79 Å². The van der Waals surface area contributed by atoms with Gasteiger partial charge < -0.3 is 14.8 Å². The van der Waals surface area contributed by atoms with E-state index in [1.54, 1.807) is 25.5 Å². The first-order valence-electron chi connectivity index (χ1n) is 8.93. The quantitative estimate of drug-likeness (QED) is 0.618. The summed E-state index contributed by atoms with van der Waals surface area (Å²) in [6, 6.07) is 7.83. The minimum absolute atomic E-state index is 0.198. The lowest BCUT2D eigenvalue weighted by molar-refractivity contribution is 0.0482. The summed E-state index contributed by atoms with van der Waals surface area (Å²) in [4.78, 5) is 23.8. The van der Waals surface area contributed by atoms with E-state index in [0.29, 0.717) is 18.5 Å². The van der Waals surface area contributed by atoms with E-state index >= 15 is 0 Å². The number of ether oxygens (including phenoxy) is 2. The first-order chi connectivity index (χ1) is 12.7. The minimum Gasteiger partial charge on any atom is -0.462 e. The number of hydrogen-bond acceptors (Lipinski definition) is 5. The highest BCUT2D eigenvalue weighted by Gasteiger charge is 2.18. The number of rotatable bonds is 6. The van der Waals surface area contributed by atoms with Crippen LogP contribution in [0.3, 0.4) is 0 Å². The molecule has 1 heterocycles. The second-order valence-corrected chi connectivity index (χ2v) is 7.26. The summed E-state index contributed by atoms with van der Waals surface area (Å²) in [5, 5.41) is 6.94. The third-order valence-corrected chi connectivity index (χ3v) is 3.80. The molecule has 0 aliphatic rings. The van der Waals surface area contributed by atoms with Gasteiger partial charge in [-0.3, -0.25) is 0 Å². The Morgan fingerprint density at radius 1 is 1.19 bits per heavy atom. The maximum atomic E-state index is 12.3. The van der Waals surface area contributed by atoms with E-state index in [-0.39, 0.29) is 6.61 Å². The van der Waals surface area contributed by atoms with Gasteiger partial charge in [0, 0.05) is 6.54 Å². The van der Waals surface area contributed by atoms with Crippen molar-refractivity contribution in [3.63, 3.8) is 0 Å². The molecule has 0 unspecified atom stereocenters. The van der Waals surface area contributed by atoms with E-state index in [2.05, 4.69) is 10.4 Å². The largest absolute Gasteiger partial charge is 0.462 e. The van der Waals surface area contributed by atoms with Gasteiger partial charge >= 0.3 is 12.1 Å². The van der Waals surface area contributed by atoms with Gasteiger partial charge in [0.1, 0.15) is 11.2 Å². The lowest BCUT2D eigenvalue weighted by Crippen LogP contribution is -2.33. The van der Waals surface area contributed by atoms with E-state index in [0.717, 1.165) is 16.9 Å². The molecule has 0 spiro atoms. The number of carbonyl (C=O) groups excluding carboxylic acids is 2. The van der Waals surface area contributed by atoms with Crippen molar-refractivity contribution in [3.8, 4) is 5.69 Å². The van der Waals surface area contributed by atoms with E-state index < -0.39 is 17.7 Å². The van der Waals surface area contributed by atoms with Crippen molar-refractivity contribution >= 4 is 12.1 Å². The molecule has 0 bridgehead atoms. The summed E-state index contributed by atoms with van der Waals surface area (Å²) >= 11 is 0. The molecule has 1 N–H and O–H groups in total. The molecule has 7 nitrogen and oxygen atoms in total. The predicted molar refractivity (Wildman–Crippen MR) is 102 cm³/mol. The fourth-order valence-corrected chi connectivity index (χ4v) is 2.47. The van der Waals surface area contributed by atoms with Crippen LogP contribution < -0.4 is 5.32 Å². The maximum Gasteiger partial charge on any atom is 0.407 e. The summed E-state index contributed by atoms with van der Waals surface area (Å²) in [6.07, 6.45) is 1.53. The number of esters is 1. The molecule has 1 aromatic heterocycles. The molecule has 0 saturated carbocycles. The molecule has 1 amide bonds. The van der Waals surface area contributed by atoms with Gasteiger partial charge in [-0.15, -0.1) is 0 Å². The highest BCUT2D eigenvalue weighted by molar-refractivity contribution is 5.90. The van der Waals surface area contributed by atoms with Gasteiger partial charge in [0.15, 0.2) is 0 Å². The number of alkyl carbamates (subject to hydrolysis) is 1. The third-order valence-electron chi connectivity index (χ3n) is 3.80. The van der Waals surface area contributed by atoms with Crippen LogP contribution >= 0.6 is 0 Å². The normalized spacial score (nSPS) is 11.1. The molecule has 0 radical (unpaired) electrons. The summed E-state index contributed by atoms with van der Waals surface area (Å²) < 4.78 is 12.2. The van der Waals surface area contributed by atoms with E-state index in [1.807, 2.05) is 38.1 Å². The Morgan fingerprint density at radius 3 is 2.56 bits per heavy atom. The topological polar surface area (TPSA) is 82.5 Å². The Labute approximate surface area is 159 Å². The van der Waals surface area contributed by atoms with Gasteiger partial charge in [-0.1, -0.05) is 18.2 Å². The van der Waals surface area contributed by atoms with Gasteiger partial charge in [0.25, 0.3) is 0 Å². The molecule has 7 heteroatoms. The van der Waals surface area contributed by atoms with Crippen LogP contribution in [0.15, 0.2) is 30.5 Å². The average molecular weight is 373 g/mol. The molecule has 27 heavy (non-hydrogen) atoms. The van der Waals surface area contributed by atoms with E-state index in [1.165, 1.54) is 6.20 Å². The number of aromatic nitrogens is 2. The molecule has 0 aliphatic carbocycles. The Bertz CT molecular complexity index is 806. The SMILES string of the molecule is Cc1ccccc1-n1ncc(C(=O)OCCCNC(=O)OC(C)(C)C)c1C. The number of nitrogens with zero attached hydrogens (tertiary/aromatic N) is 2. The molecule has 0 fully saturated rings. The van der Waals surface area contributed by atoms with Crippen LogP contribution in [0, 0.1) is 13.8 Å². The zero-order chi connectivity index (χ0) is 20.0. The summed E-state index contributed by atoms with van der Waals surface area (Å²) in [7, 11) is 0. The van der Waals surface area contributed by atoms with Crippen LogP contribution in [0.25, 0.3) is 5.69 Å². The molecule has 0 aliphatic heterocycles. The second kappa shape index (κ2) is 8.70. The Hall–Kier alpha value is -2.83. The van der Waals surface area contributed by atoms with Gasteiger partial charge in [-0.05, 0) is 52.7 Å². The van der Waals surface area contributed by atoms with Crippen LogP contribution in [0.1, 0.15) is 48.8 Å². The summed E-state index contributed by atoms with van der Waals surface area (Å²) in [6.45, 7) is 9.79. The van der Waals surface area contributed by atoms with Gasteiger partial charge in [-0.25, -0.2) is 14.3 Å². The zero-order valence-electron chi connectivity index (χ0n) is 16.5. The summed E-state index contributed by atoms with van der Waals surface area (Å²) in [5.74, 6) is -0.426.